The number of halogens is 1. The number of piperidine rings is 1. The Balaban J connectivity index is 1.78. The molecule has 122 valence electrons. The lowest BCUT2D eigenvalue weighted by Crippen LogP contribution is -2.41. The second-order valence-corrected chi connectivity index (χ2v) is 8.17. The summed E-state index contributed by atoms with van der Waals surface area (Å²) >= 11 is 0. The minimum atomic E-state index is -3.72. The fourth-order valence-electron chi connectivity index (χ4n) is 3.72. The smallest absolute Gasteiger partial charge is 0.243 e. The molecule has 1 aromatic carbocycles. The largest absolute Gasteiger partial charge is 0.312 e. The molecular weight excluding hydrogens is 317 g/mol. The van der Waals surface area contributed by atoms with Crippen molar-refractivity contribution in [2.24, 2.45) is 5.92 Å². The first-order chi connectivity index (χ1) is 11.1. The molecule has 1 aromatic heterocycles. The number of benzene rings is 1. The van der Waals surface area contributed by atoms with Crippen LogP contribution >= 0.6 is 0 Å². The second-order valence-electron chi connectivity index (χ2n) is 6.26. The van der Waals surface area contributed by atoms with Crippen LogP contribution in [0.25, 0.3) is 10.8 Å². The summed E-state index contributed by atoms with van der Waals surface area (Å²) in [5.41, 5.74) is 0. The van der Waals surface area contributed by atoms with Gasteiger partial charge in [-0.1, -0.05) is 12.1 Å². The summed E-state index contributed by atoms with van der Waals surface area (Å²) in [6, 6.07) is 5.00. The monoisotopic (exact) mass is 335 g/mol. The van der Waals surface area contributed by atoms with Crippen LogP contribution < -0.4 is 5.32 Å². The number of nitrogens with zero attached hydrogens (tertiary/aromatic N) is 2. The Morgan fingerprint density at radius 2 is 2.13 bits per heavy atom. The predicted molar refractivity (Wildman–Crippen MR) is 85.0 cm³/mol. The van der Waals surface area contributed by atoms with Gasteiger partial charge in [0.05, 0.1) is 11.1 Å². The molecule has 2 fully saturated rings. The van der Waals surface area contributed by atoms with Crippen molar-refractivity contribution in [2.45, 2.75) is 23.8 Å². The zero-order valence-electron chi connectivity index (χ0n) is 12.6. The van der Waals surface area contributed by atoms with E-state index in [1.165, 1.54) is 16.6 Å². The Bertz CT molecular complexity index is 836. The number of pyridine rings is 1. The lowest BCUT2D eigenvalue weighted by Gasteiger charge is -2.24. The number of hydrogen-bond donors (Lipinski definition) is 1. The first-order valence-corrected chi connectivity index (χ1v) is 9.27. The van der Waals surface area contributed by atoms with Gasteiger partial charge in [-0.25, -0.2) is 12.8 Å². The second kappa shape index (κ2) is 5.51. The van der Waals surface area contributed by atoms with Crippen LogP contribution in [0.2, 0.25) is 0 Å². The first kappa shape index (κ1) is 15.0. The molecule has 4 rings (SSSR count). The highest BCUT2D eigenvalue weighted by molar-refractivity contribution is 7.89. The van der Waals surface area contributed by atoms with Crippen LogP contribution in [0.4, 0.5) is 4.39 Å². The molecule has 0 amide bonds. The van der Waals surface area contributed by atoms with Crippen molar-refractivity contribution in [3.05, 3.63) is 36.4 Å². The SMILES string of the molecule is O=S(=O)(c1cccc2cncc(F)c12)N1CC2CCCNC2C1. The van der Waals surface area contributed by atoms with Crippen molar-refractivity contribution < 1.29 is 12.8 Å². The van der Waals surface area contributed by atoms with E-state index in [0.29, 0.717) is 24.4 Å². The number of rotatable bonds is 2. The van der Waals surface area contributed by atoms with Crippen molar-refractivity contribution in [1.82, 2.24) is 14.6 Å². The Morgan fingerprint density at radius 3 is 2.96 bits per heavy atom. The van der Waals surface area contributed by atoms with E-state index >= 15 is 0 Å². The Labute approximate surface area is 134 Å². The quantitative estimate of drug-likeness (QED) is 0.908. The highest BCUT2D eigenvalue weighted by atomic mass is 32.2. The van der Waals surface area contributed by atoms with Crippen LogP contribution in [-0.2, 0) is 10.0 Å². The van der Waals surface area contributed by atoms with Crippen LogP contribution in [0.3, 0.4) is 0 Å². The highest BCUT2D eigenvalue weighted by Crippen LogP contribution is 2.32. The fraction of sp³-hybridized carbons (Fsp3) is 0.438. The van der Waals surface area contributed by atoms with Crippen molar-refractivity contribution in [3.8, 4) is 0 Å². The molecule has 2 aliphatic heterocycles. The molecule has 0 radical (unpaired) electrons. The molecule has 0 aliphatic carbocycles. The van der Waals surface area contributed by atoms with Crippen LogP contribution in [0.5, 0.6) is 0 Å². The Morgan fingerprint density at radius 1 is 1.26 bits per heavy atom. The summed E-state index contributed by atoms with van der Waals surface area (Å²) in [6.45, 7) is 1.89. The average Bonchev–Trinajstić information content (AvgIpc) is 2.99. The van der Waals surface area contributed by atoms with Crippen LogP contribution in [0.15, 0.2) is 35.5 Å². The zero-order chi connectivity index (χ0) is 16.0. The third-order valence-electron chi connectivity index (χ3n) is 4.88. The first-order valence-electron chi connectivity index (χ1n) is 7.83. The highest BCUT2D eigenvalue weighted by Gasteiger charge is 2.40. The van der Waals surface area contributed by atoms with E-state index in [-0.39, 0.29) is 16.3 Å². The van der Waals surface area contributed by atoms with E-state index in [2.05, 4.69) is 10.3 Å². The summed E-state index contributed by atoms with van der Waals surface area (Å²) in [7, 11) is -3.72. The maximum atomic E-state index is 14.2. The van der Waals surface area contributed by atoms with Gasteiger partial charge in [0.25, 0.3) is 0 Å². The Hall–Kier alpha value is -1.57. The molecule has 1 N–H and O–H groups in total. The third-order valence-corrected chi connectivity index (χ3v) is 6.76. The van der Waals surface area contributed by atoms with E-state index in [4.69, 9.17) is 0 Å². The molecule has 5 nitrogen and oxygen atoms in total. The van der Waals surface area contributed by atoms with E-state index in [0.717, 1.165) is 25.6 Å². The molecule has 2 atom stereocenters. The van der Waals surface area contributed by atoms with Gasteiger partial charge in [0.15, 0.2) is 5.82 Å². The van der Waals surface area contributed by atoms with E-state index < -0.39 is 15.8 Å². The molecule has 7 heteroatoms. The topological polar surface area (TPSA) is 62.3 Å². The molecule has 2 aliphatic rings. The van der Waals surface area contributed by atoms with Crippen molar-refractivity contribution in [2.75, 3.05) is 19.6 Å². The van der Waals surface area contributed by atoms with Crippen molar-refractivity contribution in [1.29, 1.82) is 0 Å². The Kier molecular flexibility index (Phi) is 3.59. The number of aromatic nitrogens is 1. The molecular formula is C16H18FN3O2S. The molecule has 0 saturated carbocycles. The molecule has 2 aromatic rings. The van der Waals surface area contributed by atoms with Gasteiger partial charge in [-0.3, -0.25) is 4.98 Å². The summed E-state index contributed by atoms with van der Waals surface area (Å²) < 4.78 is 41.8. The van der Waals surface area contributed by atoms with Crippen LogP contribution in [0.1, 0.15) is 12.8 Å². The van der Waals surface area contributed by atoms with E-state index in [1.54, 1.807) is 12.1 Å². The maximum absolute atomic E-state index is 14.2. The summed E-state index contributed by atoms with van der Waals surface area (Å²) in [5.74, 6) is -0.253. The average molecular weight is 335 g/mol. The van der Waals surface area contributed by atoms with Crippen molar-refractivity contribution in [3.63, 3.8) is 0 Å². The van der Waals surface area contributed by atoms with Crippen molar-refractivity contribution >= 4 is 20.8 Å². The molecule has 2 saturated heterocycles. The van der Waals surface area contributed by atoms with Gasteiger partial charge in [-0.15, -0.1) is 0 Å². The lowest BCUT2D eigenvalue weighted by atomic mass is 9.94. The lowest BCUT2D eigenvalue weighted by molar-refractivity contribution is 0.339. The van der Waals surface area contributed by atoms with Crippen LogP contribution in [-0.4, -0.2) is 43.4 Å². The molecule has 2 unspecified atom stereocenters. The molecule has 0 spiro atoms. The minimum absolute atomic E-state index is 0.0357. The van der Waals surface area contributed by atoms with Gasteiger partial charge < -0.3 is 5.32 Å². The summed E-state index contributed by atoms with van der Waals surface area (Å²) in [5, 5.41) is 4.02. The number of fused-ring (bicyclic) bond motifs is 2. The van der Waals surface area contributed by atoms with Gasteiger partial charge in [0.2, 0.25) is 10.0 Å². The van der Waals surface area contributed by atoms with Gasteiger partial charge in [-0.2, -0.15) is 4.31 Å². The van der Waals surface area contributed by atoms with Gasteiger partial charge in [0.1, 0.15) is 0 Å². The standard InChI is InChI=1S/C16H18FN3O2S/c17-13-8-18-7-11-3-1-5-15(16(11)13)23(21,22)20-9-12-4-2-6-19-14(12)10-20/h1,3,5,7-8,12,14,19H,2,4,6,9-10H2. The predicted octanol–water partition coefficient (Wildman–Crippen LogP) is 1.75. The molecule has 0 bridgehead atoms. The number of nitrogens with one attached hydrogen (secondary N) is 1. The fourth-order valence-corrected chi connectivity index (χ4v) is 5.46. The molecule has 23 heavy (non-hydrogen) atoms. The van der Waals surface area contributed by atoms with Gasteiger partial charge >= 0.3 is 0 Å². The zero-order valence-corrected chi connectivity index (χ0v) is 13.4. The third kappa shape index (κ3) is 2.43. The number of hydrogen-bond acceptors (Lipinski definition) is 4. The normalized spacial score (nSPS) is 25.6. The number of sulfonamides is 1. The molecule has 3 heterocycles. The summed E-state index contributed by atoms with van der Waals surface area (Å²) in [4.78, 5) is 3.83. The minimum Gasteiger partial charge on any atom is -0.312 e. The van der Waals surface area contributed by atoms with Gasteiger partial charge in [0, 0.05) is 36.1 Å². The van der Waals surface area contributed by atoms with Gasteiger partial charge in [-0.05, 0) is 31.4 Å². The maximum Gasteiger partial charge on any atom is 0.243 e. The van der Waals surface area contributed by atoms with E-state index in [1.807, 2.05) is 0 Å². The van der Waals surface area contributed by atoms with E-state index in [9.17, 15) is 12.8 Å². The summed E-state index contributed by atoms with van der Waals surface area (Å²) in [6.07, 6.45) is 4.66. The van der Waals surface area contributed by atoms with Crippen LogP contribution in [0, 0.1) is 11.7 Å².